The van der Waals surface area contributed by atoms with Gasteiger partial charge in [0.1, 0.15) is 6.61 Å². The second kappa shape index (κ2) is 41.7. The summed E-state index contributed by atoms with van der Waals surface area (Å²) in [5.41, 5.74) is 5.33. The lowest BCUT2D eigenvalue weighted by molar-refractivity contribution is -0.161. The number of rotatable bonds is 41. The van der Waals surface area contributed by atoms with Crippen LogP contribution in [0.5, 0.6) is 0 Å². The molecule has 0 saturated heterocycles. The molecule has 0 heterocycles. The number of ether oxygens (including phenoxy) is 2. The lowest BCUT2D eigenvalue weighted by Crippen LogP contribution is -2.30. The van der Waals surface area contributed by atoms with Gasteiger partial charge in [-0.1, -0.05) is 164 Å². The average molecular weight is 868 g/mol. The maximum absolute atomic E-state index is 12.6. The van der Waals surface area contributed by atoms with Crippen LogP contribution in [-0.4, -0.2) is 82.9 Å². The maximum Gasteiger partial charge on any atom is 0.472 e. The fraction of sp³-hybridized carbons (Fsp3) is 0.702. The van der Waals surface area contributed by atoms with Crippen LogP contribution >= 0.6 is 7.82 Å². The highest BCUT2D eigenvalue weighted by atomic mass is 31.2. The van der Waals surface area contributed by atoms with E-state index in [-0.39, 0.29) is 45.4 Å². The van der Waals surface area contributed by atoms with E-state index in [1.165, 1.54) is 63.9 Å². The fourth-order valence-corrected chi connectivity index (χ4v) is 6.64. The number of esters is 2. The summed E-state index contributed by atoms with van der Waals surface area (Å²) in [5, 5.41) is 30.5. The Hall–Kier alpha value is -2.67. The van der Waals surface area contributed by atoms with Crippen molar-refractivity contribution in [3.05, 3.63) is 72.9 Å². The van der Waals surface area contributed by atoms with Crippen LogP contribution in [0.2, 0.25) is 0 Å². The zero-order chi connectivity index (χ0) is 44.4. The summed E-state index contributed by atoms with van der Waals surface area (Å²) in [6.45, 7) is 3.19. The van der Waals surface area contributed by atoms with Crippen molar-refractivity contribution >= 4 is 19.8 Å². The molecule has 0 amide bonds. The molecule has 5 atom stereocenters. The third-order valence-corrected chi connectivity index (χ3v) is 10.4. The molecule has 0 aliphatic heterocycles. The van der Waals surface area contributed by atoms with Crippen LogP contribution in [0.1, 0.15) is 162 Å². The monoisotopic (exact) mass is 868 g/mol. The average Bonchev–Trinajstić information content (AvgIpc) is 3.22. The summed E-state index contributed by atoms with van der Waals surface area (Å²) < 4.78 is 32.6. The molecule has 0 saturated carbocycles. The maximum atomic E-state index is 12.6. The number of allylic oxidation sites excluding steroid dienone is 10. The summed E-state index contributed by atoms with van der Waals surface area (Å²) >= 11 is 0. The zero-order valence-corrected chi connectivity index (χ0v) is 37.9. The van der Waals surface area contributed by atoms with E-state index in [9.17, 15) is 34.4 Å². The van der Waals surface area contributed by atoms with Gasteiger partial charge >= 0.3 is 19.8 Å². The normalized spacial score (nSPS) is 15.5. The second-order valence-corrected chi connectivity index (χ2v) is 16.6. The van der Waals surface area contributed by atoms with E-state index in [1.807, 2.05) is 0 Å². The van der Waals surface area contributed by atoms with Gasteiger partial charge in [0.05, 0.1) is 31.5 Å². The number of carbonyl (C=O) groups is 2. The largest absolute Gasteiger partial charge is 0.472 e. The van der Waals surface area contributed by atoms with Crippen molar-refractivity contribution in [1.29, 1.82) is 0 Å². The Kier molecular flexibility index (Phi) is 39.8. The van der Waals surface area contributed by atoms with Crippen LogP contribution in [0.4, 0.5) is 0 Å². The smallest absolute Gasteiger partial charge is 0.462 e. The number of aliphatic hydroxyl groups is 3. The number of phosphoric ester groups is 1. The van der Waals surface area contributed by atoms with Crippen LogP contribution < -0.4 is 5.73 Å². The van der Waals surface area contributed by atoms with E-state index in [0.717, 1.165) is 57.8 Å². The van der Waals surface area contributed by atoms with Gasteiger partial charge in [-0.15, -0.1) is 0 Å². The first kappa shape index (κ1) is 57.3. The number of aliphatic hydroxyl groups excluding tert-OH is 3. The standard InChI is InChI=1S/C47H82NO11P/c1-3-5-7-8-9-10-11-12-13-14-15-16-17-18-19-20-21-26-30-36-46(52)56-40-43(41-58-60(54,55)57-39-38-48)59-47(53)37-31-35-45(51)44(50)34-29-25-23-22-24-28-33-42(49)32-27-6-4-2/h9-10,12-13,22-25,28-29,33-34,42-45,49-51H,3-8,11,14-21,26-27,30-32,35-41,48H2,1-2H3,(H,54,55)/b10-9-,13-12-,24-22-,25-23+,33-28+,34-29+/t42-,43+,44-,45-/m0/s1. The minimum atomic E-state index is -4.48. The first-order valence-corrected chi connectivity index (χ1v) is 24.2. The third kappa shape index (κ3) is 39.5. The first-order valence-electron chi connectivity index (χ1n) is 22.7. The molecule has 6 N–H and O–H groups in total. The number of hydrogen-bond donors (Lipinski definition) is 5. The first-order chi connectivity index (χ1) is 29.0. The Morgan fingerprint density at radius 1 is 0.617 bits per heavy atom. The molecule has 1 unspecified atom stereocenters. The van der Waals surface area contributed by atoms with Crippen molar-refractivity contribution in [1.82, 2.24) is 0 Å². The molecule has 0 aromatic rings. The predicted octanol–water partition coefficient (Wildman–Crippen LogP) is 9.97. The predicted molar refractivity (Wildman–Crippen MR) is 242 cm³/mol. The van der Waals surface area contributed by atoms with Gasteiger partial charge in [0.2, 0.25) is 0 Å². The lowest BCUT2D eigenvalue weighted by atomic mass is 10.1. The van der Waals surface area contributed by atoms with E-state index in [1.54, 1.807) is 42.5 Å². The Balaban J connectivity index is 4.45. The molecule has 0 aromatic heterocycles. The molecule has 0 aliphatic carbocycles. The van der Waals surface area contributed by atoms with Crippen molar-refractivity contribution in [3.63, 3.8) is 0 Å². The van der Waals surface area contributed by atoms with E-state index < -0.39 is 50.8 Å². The second-order valence-electron chi connectivity index (χ2n) is 15.1. The highest BCUT2D eigenvalue weighted by molar-refractivity contribution is 7.47. The molecular weight excluding hydrogens is 785 g/mol. The number of carbonyl (C=O) groups excluding carboxylic acids is 2. The molecule has 0 bridgehead atoms. The van der Waals surface area contributed by atoms with Crippen LogP contribution in [0.25, 0.3) is 0 Å². The van der Waals surface area contributed by atoms with Crippen molar-refractivity contribution in [2.45, 2.75) is 186 Å². The van der Waals surface area contributed by atoms with Gasteiger partial charge in [-0.2, -0.15) is 0 Å². The number of hydrogen-bond acceptors (Lipinski definition) is 11. The highest BCUT2D eigenvalue weighted by Gasteiger charge is 2.26. The summed E-state index contributed by atoms with van der Waals surface area (Å²) in [5.74, 6) is -1.17. The molecule has 346 valence electrons. The number of unbranched alkanes of at least 4 members (excludes halogenated alkanes) is 14. The minimum absolute atomic E-state index is 0.00608. The van der Waals surface area contributed by atoms with E-state index >= 15 is 0 Å². The zero-order valence-electron chi connectivity index (χ0n) is 37.0. The number of nitrogens with two attached hydrogens (primary N) is 1. The highest BCUT2D eigenvalue weighted by Crippen LogP contribution is 2.43. The minimum Gasteiger partial charge on any atom is -0.462 e. The van der Waals surface area contributed by atoms with Crippen molar-refractivity contribution in [3.8, 4) is 0 Å². The Morgan fingerprint density at radius 2 is 1.17 bits per heavy atom. The van der Waals surface area contributed by atoms with Crippen LogP contribution in [0, 0.1) is 0 Å². The van der Waals surface area contributed by atoms with Gasteiger partial charge in [-0.05, 0) is 57.8 Å². The van der Waals surface area contributed by atoms with Gasteiger partial charge in [-0.3, -0.25) is 18.6 Å². The quantitative estimate of drug-likeness (QED) is 0.0129. The molecule has 0 fully saturated rings. The summed E-state index contributed by atoms with van der Waals surface area (Å²) in [6, 6.07) is 0. The van der Waals surface area contributed by atoms with Gasteiger partial charge in [-0.25, -0.2) is 4.57 Å². The summed E-state index contributed by atoms with van der Waals surface area (Å²) in [4.78, 5) is 35.0. The van der Waals surface area contributed by atoms with Crippen molar-refractivity contribution in [2.75, 3.05) is 26.4 Å². The number of phosphoric acid groups is 1. The van der Waals surface area contributed by atoms with E-state index in [2.05, 4.69) is 38.2 Å². The molecule has 0 aromatic carbocycles. The Labute approximate surface area is 362 Å². The SMILES string of the molecule is CCCCC/C=C\C/C=C\CCCCCCCCCCCC(=O)OC[C@H](COP(=O)(O)OCCN)OC(=O)CCC[C@H](O)[C@@H](O)/C=C/C=C/C=C\C=C\[C@@H](O)CCCCC. The van der Waals surface area contributed by atoms with Crippen LogP contribution in [0.3, 0.4) is 0 Å². The third-order valence-electron chi connectivity index (χ3n) is 9.43. The molecule has 0 radical (unpaired) electrons. The molecule has 12 nitrogen and oxygen atoms in total. The summed E-state index contributed by atoms with van der Waals surface area (Å²) in [6.07, 6.45) is 40.1. The van der Waals surface area contributed by atoms with Crippen molar-refractivity contribution in [2.24, 2.45) is 5.73 Å². The van der Waals surface area contributed by atoms with Gasteiger partial charge < -0.3 is 35.4 Å². The van der Waals surface area contributed by atoms with Gasteiger partial charge in [0.25, 0.3) is 0 Å². The van der Waals surface area contributed by atoms with Crippen LogP contribution in [-0.2, 0) is 32.7 Å². The molecular formula is C47H82NO11P. The molecule has 60 heavy (non-hydrogen) atoms. The molecule has 0 spiro atoms. The Bertz CT molecular complexity index is 1270. The summed E-state index contributed by atoms with van der Waals surface area (Å²) in [7, 11) is -4.48. The Morgan fingerprint density at radius 3 is 1.80 bits per heavy atom. The van der Waals surface area contributed by atoms with E-state index in [0.29, 0.717) is 6.42 Å². The fourth-order valence-electron chi connectivity index (χ4n) is 5.87. The van der Waals surface area contributed by atoms with Gasteiger partial charge in [0, 0.05) is 19.4 Å². The molecule has 13 heteroatoms. The van der Waals surface area contributed by atoms with E-state index in [4.69, 9.17) is 24.3 Å². The topological polar surface area (TPSA) is 195 Å². The molecule has 0 aliphatic rings. The lowest BCUT2D eigenvalue weighted by Gasteiger charge is -2.20. The van der Waals surface area contributed by atoms with Crippen molar-refractivity contribution < 1.29 is 52.9 Å². The van der Waals surface area contributed by atoms with Crippen LogP contribution in [0.15, 0.2) is 72.9 Å². The van der Waals surface area contributed by atoms with Gasteiger partial charge in [0.15, 0.2) is 6.10 Å². The molecule has 0 rings (SSSR count).